The molecule has 1 amide bonds. The molecule has 0 unspecified atom stereocenters. The fourth-order valence-corrected chi connectivity index (χ4v) is 2.03. The first-order valence-corrected chi connectivity index (χ1v) is 4.38. The Morgan fingerprint density at radius 3 is 2.69 bits per heavy atom. The van der Waals surface area contributed by atoms with E-state index in [0.717, 1.165) is 17.7 Å². The molecule has 74 valence electrons. The van der Waals surface area contributed by atoms with Gasteiger partial charge >= 0.3 is 12.1 Å². The van der Waals surface area contributed by atoms with Crippen LogP contribution >= 0.6 is 0 Å². The molecule has 1 aliphatic carbocycles. The van der Waals surface area contributed by atoms with E-state index in [4.69, 9.17) is 0 Å². The standard InChI is InChI=1S/C8H10F3NO/c9-8(10,11)7(13)12-3-1-2-5-4-6(5)12/h5-6H,1-4H2/t5-,6+/m1/s1. The summed E-state index contributed by atoms with van der Waals surface area (Å²) < 4.78 is 36.1. The lowest BCUT2D eigenvalue weighted by Crippen LogP contribution is -2.45. The number of amides is 1. The van der Waals surface area contributed by atoms with Gasteiger partial charge in [0.15, 0.2) is 0 Å². The van der Waals surface area contributed by atoms with Crippen molar-refractivity contribution in [1.82, 2.24) is 4.90 Å². The van der Waals surface area contributed by atoms with Crippen molar-refractivity contribution in [2.24, 2.45) is 5.92 Å². The van der Waals surface area contributed by atoms with Crippen molar-refractivity contribution < 1.29 is 18.0 Å². The number of hydrogen-bond acceptors (Lipinski definition) is 1. The zero-order valence-electron chi connectivity index (χ0n) is 6.97. The lowest BCUT2D eigenvalue weighted by atomic mass is 10.1. The van der Waals surface area contributed by atoms with Crippen molar-refractivity contribution in [3.63, 3.8) is 0 Å². The van der Waals surface area contributed by atoms with E-state index in [9.17, 15) is 18.0 Å². The fraction of sp³-hybridized carbons (Fsp3) is 0.875. The Morgan fingerprint density at radius 2 is 2.08 bits per heavy atom. The summed E-state index contributed by atoms with van der Waals surface area (Å²) in [6.07, 6.45) is -2.23. The van der Waals surface area contributed by atoms with Crippen LogP contribution in [0.4, 0.5) is 13.2 Å². The van der Waals surface area contributed by atoms with Gasteiger partial charge in [-0.1, -0.05) is 0 Å². The van der Waals surface area contributed by atoms with Crippen LogP contribution < -0.4 is 0 Å². The molecule has 2 rings (SSSR count). The zero-order valence-corrected chi connectivity index (χ0v) is 6.97. The number of likely N-dealkylation sites (tertiary alicyclic amines) is 1. The highest BCUT2D eigenvalue weighted by molar-refractivity contribution is 5.82. The molecule has 2 nitrogen and oxygen atoms in total. The summed E-state index contributed by atoms with van der Waals surface area (Å²) in [7, 11) is 0. The average Bonchev–Trinajstić information content (AvgIpc) is 2.78. The minimum Gasteiger partial charge on any atom is -0.332 e. The highest BCUT2D eigenvalue weighted by atomic mass is 19.4. The second kappa shape index (κ2) is 2.62. The van der Waals surface area contributed by atoms with Crippen LogP contribution in [0, 0.1) is 5.92 Å². The van der Waals surface area contributed by atoms with Crippen molar-refractivity contribution in [1.29, 1.82) is 0 Å². The Kier molecular flexibility index (Phi) is 1.78. The molecule has 0 spiro atoms. The SMILES string of the molecule is O=C(N1CCC[C@@H]2C[C@@H]21)C(F)(F)F. The van der Waals surface area contributed by atoms with Crippen LogP contribution in [0.3, 0.4) is 0 Å². The van der Waals surface area contributed by atoms with Crippen molar-refractivity contribution in [2.75, 3.05) is 6.54 Å². The molecule has 1 aliphatic heterocycles. The van der Waals surface area contributed by atoms with Crippen LogP contribution in [-0.2, 0) is 4.79 Å². The maximum absolute atomic E-state index is 12.0. The molecular formula is C8H10F3NO. The summed E-state index contributed by atoms with van der Waals surface area (Å²) in [5.41, 5.74) is 0. The van der Waals surface area contributed by atoms with Gasteiger partial charge in [-0.25, -0.2) is 0 Å². The topological polar surface area (TPSA) is 20.3 Å². The van der Waals surface area contributed by atoms with Crippen LogP contribution in [0.15, 0.2) is 0 Å². The van der Waals surface area contributed by atoms with Gasteiger partial charge in [-0.05, 0) is 25.2 Å². The molecule has 0 aromatic carbocycles. The summed E-state index contributed by atoms with van der Waals surface area (Å²) >= 11 is 0. The minimum absolute atomic E-state index is 0.108. The van der Waals surface area contributed by atoms with E-state index in [1.54, 1.807) is 0 Å². The van der Waals surface area contributed by atoms with E-state index in [-0.39, 0.29) is 12.6 Å². The first kappa shape index (κ1) is 8.84. The van der Waals surface area contributed by atoms with Crippen LogP contribution in [0.25, 0.3) is 0 Å². The van der Waals surface area contributed by atoms with Gasteiger partial charge in [0.1, 0.15) is 0 Å². The summed E-state index contributed by atoms with van der Waals surface area (Å²) in [6, 6.07) is -0.108. The third-order valence-electron chi connectivity index (χ3n) is 2.76. The van der Waals surface area contributed by atoms with Crippen LogP contribution in [0.5, 0.6) is 0 Å². The molecule has 2 fully saturated rings. The van der Waals surface area contributed by atoms with E-state index >= 15 is 0 Å². The molecule has 0 bridgehead atoms. The van der Waals surface area contributed by atoms with Gasteiger partial charge < -0.3 is 4.90 Å². The molecule has 2 aliphatic rings. The molecule has 2 atom stereocenters. The number of hydrogen-bond donors (Lipinski definition) is 0. The first-order valence-electron chi connectivity index (χ1n) is 4.38. The third kappa shape index (κ3) is 1.51. The zero-order chi connectivity index (χ0) is 9.64. The van der Waals surface area contributed by atoms with Gasteiger partial charge in [0, 0.05) is 12.6 Å². The molecule has 0 N–H and O–H groups in total. The van der Waals surface area contributed by atoms with E-state index in [1.807, 2.05) is 0 Å². The van der Waals surface area contributed by atoms with Crippen LogP contribution in [-0.4, -0.2) is 29.6 Å². The number of piperidine rings is 1. The number of carbonyl (C=O) groups excluding carboxylic acids is 1. The second-order valence-electron chi connectivity index (χ2n) is 3.70. The summed E-state index contributed by atoms with van der Waals surface area (Å²) in [6.45, 7) is 0.277. The molecule has 13 heavy (non-hydrogen) atoms. The number of alkyl halides is 3. The highest BCUT2D eigenvalue weighted by Crippen LogP contribution is 2.44. The van der Waals surface area contributed by atoms with E-state index in [0.29, 0.717) is 12.3 Å². The van der Waals surface area contributed by atoms with Gasteiger partial charge in [-0.3, -0.25) is 4.79 Å². The van der Waals surface area contributed by atoms with E-state index < -0.39 is 12.1 Å². The monoisotopic (exact) mass is 193 g/mol. The molecule has 1 saturated carbocycles. The Labute approximate surface area is 73.7 Å². The van der Waals surface area contributed by atoms with Crippen LogP contribution in [0.1, 0.15) is 19.3 Å². The molecule has 0 aromatic heterocycles. The Bertz CT molecular complexity index is 238. The lowest BCUT2D eigenvalue weighted by molar-refractivity contribution is -0.187. The maximum Gasteiger partial charge on any atom is 0.471 e. The maximum atomic E-state index is 12.0. The quantitative estimate of drug-likeness (QED) is 0.571. The predicted octanol–water partition coefficient (Wildman–Crippen LogP) is 1.56. The number of nitrogens with zero attached hydrogens (tertiary/aromatic N) is 1. The highest BCUT2D eigenvalue weighted by Gasteiger charge is 2.52. The van der Waals surface area contributed by atoms with Crippen molar-refractivity contribution in [3.05, 3.63) is 0 Å². The Balaban J connectivity index is 2.04. The number of halogens is 3. The Morgan fingerprint density at radius 1 is 1.38 bits per heavy atom. The number of carbonyl (C=O) groups is 1. The van der Waals surface area contributed by atoms with Crippen molar-refractivity contribution >= 4 is 5.91 Å². The van der Waals surface area contributed by atoms with Gasteiger partial charge in [-0.2, -0.15) is 13.2 Å². The van der Waals surface area contributed by atoms with Crippen LogP contribution in [0.2, 0.25) is 0 Å². The van der Waals surface area contributed by atoms with Crippen molar-refractivity contribution in [2.45, 2.75) is 31.5 Å². The molecule has 0 aromatic rings. The van der Waals surface area contributed by atoms with Gasteiger partial charge in [0.2, 0.25) is 0 Å². The van der Waals surface area contributed by atoms with Crippen molar-refractivity contribution in [3.8, 4) is 0 Å². The predicted molar refractivity (Wildman–Crippen MR) is 38.9 cm³/mol. The molecule has 5 heteroatoms. The minimum atomic E-state index is -4.69. The molecule has 1 heterocycles. The summed E-state index contributed by atoms with van der Waals surface area (Å²) in [5, 5.41) is 0. The summed E-state index contributed by atoms with van der Waals surface area (Å²) in [5.74, 6) is -1.31. The number of fused-ring (bicyclic) bond motifs is 1. The average molecular weight is 193 g/mol. The fourth-order valence-electron chi connectivity index (χ4n) is 2.03. The van der Waals surface area contributed by atoms with E-state index in [1.165, 1.54) is 0 Å². The van der Waals surface area contributed by atoms with Gasteiger partial charge in [-0.15, -0.1) is 0 Å². The Hall–Kier alpha value is -0.740. The second-order valence-corrected chi connectivity index (χ2v) is 3.70. The molecule has 0 radical (unpaired) electrons. The summed E-state index contributed by atoms with van der Waals surface area (Å²) in [4.78, 5) is 11.9. The normalized spacial score (nSPS) is 32.7. The molecule has 1 saturated heterocycles. The first-order chi connectivity index (χ1) is 6.00. The molecular weight excluding hydrogens is 183 g/mol. The smallest absolute Gasteiger partial charge is 0.332 e. The number of rotatable bonds is 0. The lowest BCUT2D eigenvalue weighted by Gasteiger charge is -2.27. The van der Waals surface area contributed by atoms with E-state index in [2.05, 4.69) is 0 Å². The largest absolute Gasteiger partial charge is 0.471 e. The third-order valence-corrected chi connectivity index (χ3v) is 2.76. The van der Waals surface area contributed by atoms with Gasteiger partial charge in [0.05, 0.1) is 0 Å². The van der Waals surface area contributed by atoms with Gasteiger partial charge in [0.25, 0.3) is 0 Å².